The first-order chi connectivity index (χ1) is 12.2. The Morgan fingerprint density at radius 2 is 2.04 bits per heavy atom. The van der Waals surface area contributed by atoms with Crippen LogP contribution < -0.4 is 0 Å². The summed E-state index contributed by atoms with van der Waals surface area (Å²) in [5.41, 5.74) is 3.60. The van der Waals surface area contributed by atoms with Gasteiger partial charge >= 0.3 is 0 Å². The molecular weight excluding hydrogens is 332 g/mol. The highest BCUT2D eigenvalue weighted by Crippen LogP contribution is 2.37. The van der Waals surface area contributed by atoms with Crippen molar-refractivity contribution in [3.8, 4) is 6.07 Å². The number of nitriles is 1. The molecule has 7 heteroatoms. The van der Waals surface area contributed by atoms with Gasteiger partial charge in [0.05, 0.1) is 10.8 Å². The van der Waals surface area contributed by atoms with Gasteiger partial charge in [-0.25, -0.2) is 14.5 Å². The van der Waals surface area contributed by atoms with Crippen LogP contribution in [0.1, 0.15) is 27.8 Å². The van der Waals surface area contributed by atoms with Crippen molar-refractivity contribution in [2.75, 3.05) is 0 Å². The van der Waals surface area contributed by atoms with Crippen LogP contribution in [0.5, 0.6) is 0 Å². The first-order valence-electron chi connectivity index (χ1n) is 7.72. The smallest absolute Gasteiger partial charge is 0.210 e. The largest absolute Gasteiger partial charge is 0.347 e. The molecule has 0 saturated heterocycles. The van der Waals surface area contributed by atoms with E-state index < -0.39 is 0 Å². The molecule has 4 rings (SSSR count). The summed E-state index contributed by atoms with van der Waals surface area (Å²) in [5.74, 6) is 0.852. The van der Waals surface area contributed by atoms with Gasteiger partial charge < -0.3 is 4.98 Å². The molecule has 0 fully saturated rings. The molecule has 1 N–H and O–H groups in total. The van der Waals surface area contributed by atoms with Crippen molar-refractivity contribution in [1.82, 2.24) is 24.6 Å². The third-order valence-corrected chi connectivity index (χ3v) is 4.93. The second-order valence-corrected chi connectivity index (χ2v) is 6.68. The van der Waals surface area contributed by atoms with Crippen molar-refractivity contribution in [2.24, 2.45) is 0 Å². The van der Waals surface area contributed by atoms with E-state index in [4.69, 9.17) is 5.26 Å². The van der Waals surface area contributed by atoms with Gasteiger partial charge in [-0.2, -0.15) is 5.26 Å². The molecule has 0 aliphatic heterocycles. The number of nitrogens with one attached hydrogen (secondary N) is 1. The van der Waals surface area contributed by atoms with Crippen LogP contribution >= 0.6 is 11.8 Å². The Morgan fingerprint density at radius 3 is 2.76 bits per heavy atom. The van der Waals surface area contributed by atoms with Crippen LogP contribution in [-0.4, -0.2) is 24.6 Å². The SMILES string of the molecule is Cc1ccc(C(Sc2nc3ccc(C#N)cn3n2)c2ncc[nH]2)cc1. The number of imidazole rings is 1. The zero-order chi connectivity index (χ0) is 17.2. The molecule has 1 aromatic carbocycles. The minimum Gasteiger partial charge on any atom is -0.347 e. The summed E-state index contributed by atoms with van der Waals surface area (Å²) >= 11 is 1.52. The Hall–Kier alpha value is -3.11. The highest BCUT2D eigenvalue weighted by Gasteiger charge is 2.20. The fraction of sp³-hybridized carbons (Fsp3) is 0.111. The summed E-state index contributed by atoms with van der Waals surface area (Å²) in [7, 11) is 0. The standard InChI is InChI=1S/C18H14N6S/c1-12-2-5-14(6-3-12)16(17-20-8-9-21-17)25-18-22-15-7-4-13(10-19)11-24(15)23-18/h2-9,11,16H,1H3,(H,20,21). The molecule has 4 aromatic rings. The van der Waals surface area contributed by atoms with E-state index in [0.717, 1.165) is 11.4 Å². The van der Waals surface area contributed by atoms with Gasteiger partial charge in [0.1, 0.15) is 11.9 Å². The number of nitrogens with zero attached hydrogens (tertiary/aromatic N) is 5. The van der Waals surface area contributed by atoms with Gasteiger partial charge in [-0.05, 0) is 24.6 Å². The van der Waals surface area contributed by atoms with E-state index >= 15 is 0 Å². The van der Waals surface area contributed by atoms with E-state index in [-0.39, 0.29) is 5.25 Å². The number of aromatic amines is 1. The van der Waals surface area contributed by atoms with Crippen molar-refractivity contribution < 1.29 is 0 Å². The number of hydrogen-bond donors (Lipinski definition) is 1. The van der Waals surface area contributed by atoms with Gasteiger partial charge in [-0.1, -0.05) is 41.6 Å². The lowest BCUT2D eigenvalue weighted by Gasteiger charge is -2.13. The molecule has 0 radical (unpaired) electrons. The molecular formula is C18H14N6S. The number of rotatable bonds is 4. The summed E-state index contributed by atoms with van der Waals surface area (Å²) in [6, 6.07) is 14.0. The minimum absolute atomic E-state index is 0.0385. The monoisotopic (exact) mass is 346 g/mol. The number of pyridine rings is 1. The molecule has 0 saturated carbocycles. The number of fused-ring (bicyclic) bond motifs is 1. The van der Waals surface area contributed by atoms with Gasteiger partial charge in [0.2, 0.25) is 5.16 Å². The second-order valence-electron chi connectivity index (χ2n) is 5.61. The number of hydrogen-bond acceptors (Lipinski definition) is 5. The summed E-state index contributed by atoms with van der Waals surface area (Å²) in [6.07, 6.45) is 5.24. The Kier molecular flexibility index (Phi) is 3.96. The summed E-state index contributed by atoms with van der Waals surface area (Å²) in [4.78, 5) is 12.1. The van der Waals surface area contributed by atoms with Crippen molar-refractivity contribution in [3.63, 3.8) is 0 Å². The fourth-order valence-electron chi connectivity index (χ4n) is 2.53. The Morgan fingerprint density at radius 1 is 1.20 bits per heavy atom. The van der Waals surface area contributed by atoms with Crippen LogP contribution in [0.2, 0.25) is 0 Å². The van der Waals surface area contributed by atoms with Gasteiger partial charge in [-0.15, -0.1) is 5.10 Å². The first kappa shape index (κ1) is 15.4. The predicted octanol–water partition coefficient (Wildman–Crippen LogP) is 3.51. The maximum atomic E-state index is 9.02. The molecule has 0 aliphatic carbocycles. The number of thioether (sulfide) groups is 1. The lowest BCUT2D eigenvalue weighted by atomic mass is 10.1. The van der Waals surface area contributed by atoms with Crippen LogP contribution in [-0.2, 0) is 0 Å². The molecule has 1 atom stereocenters. The maximum Gasteiger partial charge on any atom is 0.210 e. The second kappa shape index (κ2) is 6.42. The molecule has 0 amide bonds. The Balaban J connectivity index is 1.71. The zero-order valence-electron chi connectivity index (χ0n) is 13.4. The minimum atomic E-state index is -0.0385. The van der Waals surface area contributed by atoms with Crippen LogP contribution in [0.4, 0.5) is 0 Å². The highest BCUT2D eigenvalue weighted by molar-refractivity contribution is 7.99. The third kappa shape index (κ3) is 3.12. The van der Waals surface area contributed by atoms with Crippen molar-refractivity contribution in [1.29, 1.82) is 5.26 Å². The average molecular weight is 346 g/mol. The van der Waals surface area contributed by atoms with Crippen LogP contribution in [0, 0.1) is 18.3 Å². The van der Waals surface area contributed by atoms with Gasteiger partial charge in [0.25, 0.3) is 0 Å². The van der Waals surface area contributed by atoms with E-state index in [2.05, 4.69) is 57.3 Å². The van der Waals surface area contributed by atoms with Crippen LogP contribution in [0.25, 0.3) is 5.65 Å². The molecule has 0 bridgehead atoms. The van der Waals surface area contributed by atoms with Crippen molar-refractivity contribution in [3.05, 3.63) is 77.5 Å². The predicted molar refractivity (Wildman–Crippen MR) is 95.2 cm³/mol. The van der Waals surface area contributed by atoms with E-state index in [1.807, 2.05) is 6.20 Å². The van der Waals surface area contributed by atoms with E-state index in [1.54, 1.807) is 29.0 Å². The lowest BCUT2D eigenvalue weighted by Crippen LogP contribution is -2.00. The molecule has 0 spiro atoms. The summed E-state index contributed by atoms with van der Waals surface area (Å²) in [6.45, 7) is 2.06. The van der Waals surface area contributed by atoms with Crippen molar-refractivity contribution in [2.45, 2.75) is 17.3 Å². The molecule has 0 aliphatic rings. The molecule has 1 unspecified atom stereocenters. The van der Waals surface area contributed by atoms with Crippen LogP contribution in [0.15, 0.2) is 60.1 Å². The summed E-state index contributed by atoms with van der Waals surface area (Å²) in [5, 5.41) is 14.1. The molecule has 122 valence electrons. The Labute approximate surface area is 148 Å². The molecule has 25 heavy (non-hydrogen) atoms. The van der Waals surface area contributed by atoms with Crippen LogP contribution in [0.3, 0.4) is 0 Å². The topological polar surface area (TPSA) is 82.7 Å². The number of benzene rings is 1. The lowest BCUT2D eigenvalue weighted by molar-refractivity contribution is 0.878. The highest BCUT2D eigenvalue weighted by atomic mass is 32.2. The number of aryl methyl sites for hydroxylation is 1. The maximum absolute atomic E-state index is 9.02. The van der Waals surface area contributed by atoms with Gasteiger partial charge in [-0.3, -0.25) is 0 Å². The molecule has 3 heterocycles. The molecule has 6 nitrogen and oxygen atoms in total. The molecule has 3 aromatic heterocycles. The van der Waals surface area contributed by atoms with E-state index in [1.165, 1.54) is 17.3 Å². The third-order valence-electron chi connectivity index (χ3n) is 3.81. The van der Waals surface area contributed by atoms with Gasteiger partial charge in [0, 0.05) is 18.6 Å². The normalized spacial score (nSPS) is 12.2. The van der Waals surface area contributed by atoms with Crippen molar-refractivity contribution >= 4 is 17.4 Å². The van der Waals surface area contributed by atoms with E-state index in [0.29, 0.717) is 16.4 Å². The quantitative estimate of drug-likeness (QED) is 0.572. The zero-order valence-corrected chi connectivity index (χ0v) is 14.2. The number of aromatic nitrogens is 5. The number of H-pyrrole nitrogens is 1. The fourth-order valence-corrected chi connectivity index (χ4v) is 3.55. The van der Waals surface area contributed by atoms with E-state index in [9.17, 15) is 0 Å². The first-order valence-corrected chi connectivity index (χ1v) is 8.60. The average Bonchev–Trinajstić information content (AvgIpc) is 3.29. The van der Waals surface area contributed by atoms with Gasteiger partial charge in [0.15, 0.2) is 5.65 Å². The Bertz CT molecular complexity index is 1040. The summed E-state index contributed by atoms with van der Waals surface area (Å²) < 4.78 is 1.63.